The molecule has 0 saturated carbocycles. The molecule has 1 saturated heterocycles. The van der Waals surface area contributed by atoms with E-state index in [4.69, 9.17) is 4.74 Å². The first-order valence-electron chi connectivity index (χ1n) is 8.32. The van der Waals surface area contributed by atoms with Gasteiger partial charge in [0.15, 0.2) is 0 Å². The summed E-state index contributed by atoms with van der Waals surface area (Å²) in [7, 11) is 0. The van der Waals surface area contributed by atoms with Gasteiger partial charge in [0.2, 0.25) is 0 Å². The van der Waals surface area contributed by atoms with Crippen molar-refractivity contribution in [3.05, 3.63) is 42.0 Å². The molecule has 1 aliphatic heterocycles. The van der Waals surface area contributed by atoms with Crippen molar-refractivity contribution in [3.63, 3.8) is 0 Å². The van der Waals surface area contributed by atoms with Crippen LogP contribution in [-0.2, 0) is 11.3 Å². The first-order chi connectivity index (χ1) is 11.8. The highest BCUT2D eigenvalue weighted by Gasteiger charge is 2.09. The van der Waals surface area contributed by atoms with Gasteiger partial charge in [0.25, 0.3) is 0 Å². The van der Waals surface area contributed by atoms with Crippen molar-refractivity contribution in [2.75, 3.05) is 50.0 Å². The van der Waals surface area contributed by atoms with Crippen molar-refractivity contribution in [1.29, 1.82) is 0 Å². The summed E-state index contributed by atoms with van der Waals surface area (Å²) in [5, 5.41) is 6.72. The zero-order valence-electron chi connectivity index (χ0n) is 14.0. The predicted octanol–water partition coefficient (Wildman–Crippen LogP) is 1.54. The highest BCUT2D eigenvalue weighted by Crippen LogP contribution is 2.12. The van der Waals surface area contributed by atoms with Gasteiger partial charge in [-0.15, -0.1) is 0 Å². The van der Waals surface area contributed by atoms with Crippen LogP contribution in [0.15, 0.2) is 30.6 Å². The molecule has 2 N–H and O–H groups in total. The zero-order valence-corrected chi connectivity index (χ0v) is 14.0. The van der Waals surface area contributed by atoms with Gasteiger partial charge in [-0.05, 0) is 24.6 Å². The van der Waals surface area contributed by atoms with Crippen molar-refractivity contribution in [2.45, 2.75) is 13.5 Å². The van der Waals surface area contributed by atoms with Crippen molar-refractivity contribution in [2.24, 2.45) is 0 Å². The van der Waals surface area contributed by atoms with Crippen molar-refractivity contribution in [3.8, 4) is 0 Å². The van der Waals surface area contributed by atoms with Crippen molar-refractivity contribution < 1.29 is 4.74 Å². The number of aromatic nitrogens is 3. The molecule has 1 aliphatic rings. The SMILES string of the molecule is Cc1nc(NCCN2CCOCC2)cc(NCc2ccncc2)n1. The standard InChI is InChI=1S/C17H24N6O/c1-14-21-16(19-6-7-23-8-10-24-11-9-23)12-17(22-14)20-13-15-2-4-18-5-3-15/h2-5,12H,6-11,13H2,1H3,(H2,19,20,21,22). The molecule has 0 radical (unpaired) electrons. The van der Waals surface area contributed by atoms with Crippen LogP contribution in [0.1, 0.15) is 11.4 Å². The largest absolute Gasteiger partial charge is 0.379 e. The number of hydrogen-bond acceptors (Lipinski definition) is 7. The second kappa shape index (κ2) is 8.56. The third kappa shape index (κ3) is 5.14. The molecule has 0 unspecified atom stereocenters. The summed E-state index contributed by atoms with van der Waals surface area (Å²) < 4.78 is 5.36. The highest BCUT2D eigenvalue weighted by molar-refractivity contribution is 5.47. The van der Waals surface area contributed by atoms with Gasteiger partial charge in [0, 0.05) is 51.2 Å². The van der Waals surface area contributed by atoms with E-state index >= 15 is 0 Å². The number of nitrogens with zero attached hydrogens (tertiary/aromatic N) is 4. The number of rotatable bonds is 7. The van der Waals surface area contributed by atoms with Gasteiger partial charge in [-0.25, -0.2) is 9.97 Å². The van der Waals surface area contributed by atoms with Crippen molar-refractivity contribution >= 4 is 11.6 Å². The summed E-state index contributed by atoms with van der Waals surface area (Å²) >= 11 is 0. The summed E-state index contributed by atoms with van der Waals surface area (Å²) in [5.41, 5.74) is 1.17. The fraction of sp³-hybridized carbons (Fsp3) is 0.471. The molecule has 24 heavy (non-hydrogen) atoms. The maximum atomic E-state index is 5.36. The molecule has 3 rings (SSSR count). The van der Waals surface area contributed by atoms with E-state index in [0.29, 0.717) is 6.54 Å². The Morgan fingerprint density at radius 1 is 1.08 bits per heavy atom. The van der Waals surface area contributed by atoms with E-state index in [2.05, 4.69) is 30.5 Å². The number of hydrogen-bond donors (Lipinski definition) is 2. The molecule has 2 aromatic rings. The van der Waals surface area contributed by atoms with Gasteiger partial charge in [-0.2, -0.15) is 0 Å². The van der Waals surface area contributed by atoms with Crippen LogP contribution in [0, 0.1) is 6.92 Å². The highest BCUT2D eigenvalue weighted by atomic mass is 16.5. The van der Waals surface area contributed by atoms with Gasteiger partial charge in [0.05, 0.1) is 13.2 Å². The molecule has 2 aromatic heterocycles. The van der Waals surface area contributed by atoms with Gasteiger partial charge in [0.1, 0.15) is 17.5 Å². The van der Waals surface area contributed by atoms with Crippen molar-refractivity contribution in [1.82, 2.24) is 19.9 Å². The van der Waals surface area contributed by atoms with E-state index in [1.54, 1.807) is 12.4 Å². The van der Waals surface area contributed by atoms with E-state index in [-0.39, 0.29) is 0 Å². The summed E-state index contributed by atoms with van der Waals surface area (Å²) in [6.45, 7) is 8.14. The quantitative estimate of drug-likeness (QED) is 0.798. The van der Waals surface area contributed by atoms with Crippen LogP contribution in [0.5, 0.6) is 0 Å². The van der Waals surface area contributed by atoms with E-state index in [1.807, 2.05) is 25.1 Å². The smallest absolute Gasteiger partial charge is 0.132 e. The average Bonchev–Trinajstić information content (AvgIpc) is 2.61. The van der Waals surface area contributed by atoms with E-state index in [0.717, 1.165) is 56.9 Å². The molecule has 0 spiro atoms. The summed E-state index contributed by atoms with van der Waals surface area (Å²) in [5.74, 6) is 2.43. The molecular weight excluding hydrogens is 304 g/mol. The number of pyridine rings is 1. The Morgan fingerprint density at radius 3 is 2.54 bits per heavy atom. The molecule has 0 aliphatic carbocycles. The summed E-state index contributed by atoms with van der Waals surface area (Å²) in [6.07, 6.45) is 3.59. The second-order valence-electron chi connectivity index (χ2n) is 5.78. The molecule has 1 fully saturated rings. The van der Waals surface area contributed by atoms with E-state index in [1.165, 1.54) is 5.56 Å². The lowest BCUT2D eigenvalue weighted by Crippen LogP contribution is -2.39. The first-order valence-corrected chi connectivity index (χ1v) is 8.32. The zero-order chi connectivity index (χ0) is 16.6. The average molecular weight is 328 g/mol. The first kappa shape index (κ1) is 16.6. The fourth-order valence-corrected chi connectivity index (χ4v) is 2.61. The number of aryl methyl sites for hydroxylation is 1. The fourth-order valence-electron chi connectivity index (χ4n) is 2.61. The minimum Gasteiger partial charge on any atom is -0.379 e. The van der Waals surface area contributed by atoms with Gasteiger partial charge >= 0.3 is 0 Å². The Hall–Kier alpha value is -2.25. The monoisotopic (exact) mass is 328 g/mol. The second-order valence-corrected chi connectivity index (χ2v) is 5.78. The lowest BCUT2D eigenvalue weighted by Gasteiger charge is -2.26. The molecule has 128 valence electrons. The lowest BCUT2D eigenvalue weighted by atomic mass is 10.3. The third-order valence-corrected chi connectivity index (χ3v) is 3.90. The van der Waals surface area contributed by atoms with Gasteiger partial charge in [-0.1, -0.05) is 0 Å². The van der Waals surface area contributed by atoms with Gasteiger partial charge < -0.3 is 15.4 Å². The van der Waals surface area contributed by atoms with Crippen LogP contribution in [0.4, 0.5) is 11.6 Å². The topological polar surface area (TPSA) is 75.2 Å². The molecule has 0 atom stereocenters. The van der Waals surface area contributed by atoms with Crippen LogP contribution >= 0.6 is 0 Å². The molecule has 0 aromatic carbocycles. The Labute approximate surface area is 142 Å². The van der Waals surface area contributed by atoms with E-state index in [9.17, 15) is 0 Å². The van der Waals surface area contributed by atoms with Crippen LogP contribution in [-0.4, -0.2) is 59.2 Å². The Kier molecular flexibility index (Phi) is 5.92. The van der Waals surface area contributed by atoms with Crippen LogP contribution in [0.25, 0.3) is 0 Å². The van der Waals surface area contributed by atoms with Crippen LogP contribution in [0.2, 0.25) is 0 Å². The Bertz CT molecular complexity index is 630. The predicted molar refractivity (Wildman–Crippen MR) is 94.1 cm³/mol. The minimum absolute atomic E-state index is 0.714. The Morgan fingerprint density at radius 2 is 1.79 bits per heavy atom. The van der Waals surface area contributed by atoms with Gasteiger partial charge in [-0.3, -0.25) is 9.88 Å². The summed E-state index contributed by atoms with van der Waals surface area (Å²) in [4.78, 5) is 15.3. The lowest BCUT2D eigenvalue weighted by molar-refractivity contribution is 0.0398. The minimum atomic E-state index is 0.714. The molecule has 7 nitrogen and oxygen atoms in total. The molecule has 7 heteroatoms. The Balaban J connectivity index is 1.51. The normalized spacial score (nSPS) is 15.2. The molecular formula is C17H24N6O. The van der Waals surface area contributed by atoms with E-state index < -0.39 is 0 Å². The van der Waals surface area contributed by atoms with Crippen LogP contribution in [0.3, 0.4) is 0 Å². The number of anilines is 2. The number of nitrogens with one attached hydrogen (secondary N) is 2. The maximum absolute atomic E-state index is 5.36. The maximum Gasteiger partial charge on any atom is 0.132 e. The van der Waals surface area contributed by atoms with Crippen LogP contribution < -0.4 is 10.6 Å². The summed E-state index contributed by atoms with van der Waals surface area (Å²) in [6, 6.07) is 5.93. The number of morpholine rings is 1. The molecule has 0 bridgehead atoms. The number of ether oxygens (including phenoxy) is 1. The molecule has 0 amide bonds. The molecule has 3 heterocycles. The third-order valence-electron chi connectivity index (χ3n) is 3.90.